The summed E-state index contributed by atoms with van der Waals surface area (Å²) in [5.41, 5.74) is 20.9. The molecule has 4 heterocycles. The fourth-order valence-electron chi connectivity index (χ4n) is 9.87. The highest BCUT2D eigenvalue weighted by Gasteiger charge is 2.47. The lowest BCUT2D eigenvalue weighted by Gasteiger charge is -2.43. The Morgan fingerprint density at radius 3 is 1.82 bits per heavy atom. The van der Waals surface area contributed by atoms with Crippen LogP contribution in [0.1, 0.15) is 95.7 Å². The largest absolute Gasteiger partial charge is 0.440 e. The predicted octanol–water partition coefficient (Wildman–Crippen LogP) is 14.2. The molecule has 2 aliphatic rings. The molecule has 0 amide bonds. The maximum absolute atomic E-state index is 7.27. The number of rotatable bonds is 3. The summed E-state index contributed by atoms with van der Waals surface area (Å²) in [5.74, 6) is 0.917. The van der Waals surface area contributed by atoms with Crippen LogP contribution < -0.4 is 26.2 Å². The van der Waals surface area contributed by atoms with E-state index >= 15 is 0 Å². The maximum atomic E-state index is 7.27. The third-order valence-corrected chi connectivity index (χ3v) is 14.0. The van der Waals surface area contributed by atoms with E-state index in [2.05, 4.69) is 207 Å². The fourth-order valence-corrected chi connectivity index (χ4v) is 10.8. The number of nitrogens with zero attached hydrogens (tertiary/aromatic N) is 2. The average Bonchev–Trinajstić information content (AvgIpc) is 3.79. The summed E-state index contributed by atoms with van der Waals surface area (Å²) in [6.45, 7) is 27.5. The molecule has 10 rings (SSSR count). The van der Waals surface area contributed by atoms with Crippen LogP contribution in [0, 0.1) is 20.8 Å². The highest BCUT2D eigenvalue weighted by molar-refractivity contribution is 7.17. The van der Waals surface area contributed by atoms with E-state index < -0.39 is 0 Å². The normalized spacial score (nSPS) is 13.9. The molecule has 2 aromatic heterocycles. The first kappa shape index (κ1) is 38.7. The minimum Gasteiger partial charge on any atom is -0.440 e. The summed E-state index contributed by atoms with van der Waals surface area (Å²) >= 11 is 1.82. The van der Waals surface area contributed by atoms with Crippen LogP contribution in [-0.4, -0.2) is 6.71 Å². The molecular weight excluding hydrogens is 747 g/mol. The van der Waals surface area contributed by atoms with Crippen molar-refractivity contribution in [1.29, 1.82) is 0 Å². The molecule has 8 aromatic rings. The zero-order valence-electron chi connectivity index (χ0n) is 37.3. The van der Waals surface area contributed by atoms with E-state index in [0.717, 1.165) is 11.5 Å². The van der Waals surface area contributed by atoms with Crippen LogP contribution >= 0.6 is 11.3 Å². The van der Waals surface area contributed by atoms with E-state index in [-0.39, 0.29) is 23.0 Å². The Balaban J connectivity index is 1.29. The average molecular weight is 803 g/mol. The zero-order chi connectivity index (χ0) is 42.2. The van der Waals surface area contributed by atoms with Gasteiger partial charge in [-0.1, -0.05) is 111 Å². The Labute approximate surface area is 360 Å². The number of anilines is 6. The van der Waals surface area contributed by atoms with Gasteiger partial charge in [-0.2, -0.15) is 0 Å². The lowest BCUT2D eigenvalue weighted by atomic mass is 9.33. The first-order chi connectivity index (χ1) is 28.4. The standard InChI is InChI=1S/C55H55BN2OS/c1-32-25-45-50-46(26-32)58(51-33(2)27-35(28-34(51)3)42-31-60-48-16-14-13-15-40(42)48)52-49(41-29-37(54(7,8)9)20-24-47(41)59-52)56(50)43-30-38(55(10,11)12)19-23-44(43)57(45)39-21-17-36(18-22-39)53(4,5)6/h13-31H,1-12H3. The number of aryl methyl sites for hydroxylation is 3. The molecule has 0 saturated carbocycles. The van der Waals surface area contributed by atoms with Crippen molar-refractivity contribution >= 4 is 89.8 Å². The van der Waals surface area contributed by atoms with Gasteiger partial charge in [0, 0.05) is 49.2 Å². The number of fused-ring (bicyclic) bond motifs is 7. The van der Waals surface area contributed by atoms with Crippen LogP contribution in [0.5, 0.6) is 0 Å². The van der Waals surface area contributed by atoms with Gasteiger partial charge in [-0.25, -0.2) is 0 Å². The van der Waals surface area contributed by atoms with Crippen molar-refractivity contribution in [2.45, 2.75) is 99.3 Å². The van der Waals surface area contributed by atoms with E-state index in [1.54, 1.807) is 0 Å². The zero-order valence-corrected chi connectivity index (χ0v) is 38.1. The molecule has 0 radical (unpaired) electrons. The number of furan rings is 1. The van der Waals surface area contributed by atoms with Crippen LogP contribution in [0.15, 0.2) is 119 Å². The van der Waals surface area contributed by atoms with E-state index in [1.165, 1.54) is 105 Å². The molecule has 6 aromatic carbocycles. The smallest absolute Gasteiger partial charge is 0.257 e. The quantitative estimate of drug-likeness (QED) is 0.166. The third-order valence-electron chi connectivity index (χ3n) is 13.1. The minimum absolute atomic E-state index is 0.0262. The second-order valence-corrected chi connectivity index (χ2v) is 21.4. The molecule has 0 spiro atoms. The van der Waals surface area contributed by atoms with Crippen LogP contribution in [0.4, 0.5) is 34.3 Å². The van der Waals surface area contributed by atoms with Crippen molar-refractivity contribution in [1.82, 2.24) is 0 Å². The highest BCUT2D eigenvalue weighted by atomic mass is 32.1. The lowest BCUT2D eigenvalue weighted by Crippen LogP contribution is -2.61. The molecule has 0 saturated heterocycles. The van der Waals surface area contributed by atoms with Gasteiger partial charge in [-0.05, 0) is 153 Å². The van der Waals surface area contributed by atoms with Gasteiger partial charge in [0.2, 0.25) is 5.88 Å². The van der Waals surface area contributed by atoms with Gasteiger partial charge in [0.25, 0.3) is 6.71 Å². The summed E-state index contributed by atoms with van der Waals surface area (Å²) in [6, 6.07) is 41.8. The molecule has 3 nitrogen and oxygen atoms in total. The number of hydrogen-bond donors (Lipinski definition) is 0. The van der Waals surface area contributed by atoms with Crippen molar-refractivity contribution in [3.63, 3.8) is 0 Å². The van der Waals surface area contributed by atoms with Gasteiger partial charge in [-0.15, -0.1) is 11.3 Å². The lowest BCUT2D eigenvalue weighted by molar-refractivity contribution is 0.589. The van der Waals surface area contributed by atoms with Crippen molar-refractivity contribution in [3.8, 4) is 11.1 Å². The van der Waals surface area contributed by atoms with Gasteiger partial charge >= 0.3 is 0 Å². The van der Waals surface area contributed by atoms with Crippen molar-refractivity contribution in [3.05, 3.63) is 148 Å². The Morgan fingerprint density at radius 2 is 1.15 bits per heavy atom. The van der Waals surface area contributed by atoms with Gasteiger partial charge in [0.1, 0.15) is 5.58 Å². The van der Waals surface area contributed by atoms with E-state index in [1.807, 2.05) is 11.3 Å². The van der Waals surface area contributed by atoms with Gasteiger partial charge in [0.05, 0.1) is 5.69 Å². The molecule has 0 bridgehead atoms. The molecule has 60 heavy (non-hydrogen) atoms. The summed E-state index contributed by atoms with van der Waals surface area (Å²) in [7, 11) is 0. The highest BCUT2D eigenvalue weighted by Crippen LogP contribution is 2.49. The van der Waals surface area contributed by atoms with Crippen molar-refractivity contribution in [2.75, 3.05) is 9.80 Å². The number of hydrogen-bond acceptors (Lipinski definition) is 4. The van der Waals surface area contributed by atoms with Gasteiger partial charge < -0.3 is 9.32 Å². The third kappa shape index (κ3) is 5.98. The summed E-state index contributed by atoms with van der Waals surface area (Å²) < 4.78 is 8.59. The topological polar surface area (TPSA) is 19.6 Å². The van der Waals surface area contributed by atoms with E-state index in [0.29, 0.717) is 0 Å². The molecular formula is C55H55BN2OS. The van der Waals surface area contributed by atoms with Crippen LogP contribution in [-0.2, 0) is 16.2 Å². The Morgan fingerprint density at radius 1 is 0.550 bits per heavy atom. The van der Waals surface area contributed by atoms with Crippen LogP contribution in [0.25, 0.3) is 32.2 Å². The van der Waals surface area contributed by atoms with Gasteiger partial charge in [-0.3, -0.25) is 4.90 Å². The van der Waals surface area contributed by atoms with Crippen molar-refractivity contribution in [2.24, 2.45) is 0 Å². The first-order valence-electron chi connectivity index (χ1n) is 21.5. The molecule has 2 aliphatic heterocycles. The SMILES string of the molecule is Cc1cc2c3c(c1)N(c1c(C)cc(-c4csc5ccccc45)cc1C)c1oc4ccc(C(C)(C)C)cc4c1B3c1cc(C(C)(C)C)ccc1N2c1ccc(C(C)(C)C)cc1. The van der Waals surface area contributed by atoms with Crippen molar-refractivity contribution < 1.29 is 4.42 Å². The Hall–Kier alpha value is -5.52. The number of thiophene rings is 1. The summed E-state index contributed by atoms with van der Waals surface area (Å²) in [5, 5.41) is 4.81. The van der Waals surface area contributed by atoms with Gasteiger partial charge in [0.15, 0.2) is 0 Å². The Kier molecular flexibility index (Phi) is 8.53. The molecule has 0 unspecified atom stereocenters. The first-order valence-corrected chi connectivity index (χ1v) is 22.4. The van der Waals surface area contributed by atoms with Crippen LogP contribution in [0.3, 0.4) is 0 Å². The maximum Gasteiger partial charge on any atom is 0.257 e. The molecule has 0 fully saturated rings. The number of benzene rings is 6. The van der Waals surface area contributed by atoms with E-state index in [4.69, 9.17) is 4.42 Å². The predicted molar refractivity (Wildman–Crippen MR) is 261 cm³/mol. The summed E-state index contributed by atoms with van der Waals surface area (Å²) in [4.78, 5) is 5.02. The second-order valence-electron chi connectivity index (χ2n) is 20.5. The summed E-state index contributed by atoms with van der Waals surface area (Å²) in [6.07, 6.45) is 0. The Bertz CT molecular complexity index is 3010. The van der Waals surface area contributed by atoms with E-state index in [9.17, 15) is 0 Å². The molecule has 0 atom stereocenters. The second kappa shape index (κ2) is 13.2. The monoisotopic (exact) mass is 802 g/mol. The fraction of sp³-hybridized carbons (Fsp3) is 0.273. The molecule has 5 heteroatoms. The molecule has 0 aliphatic carbocycles. The van der Waals surface area contributed by atoms with Crippen LogP contribution in [0.2, 0.25) is 0 Å². The minimum atomic E-state index is -0.0437. The molecule has 300 valence electrons. The molecule has 0 N–H and O–H groups in total.